The van der Waals surface area contributed by atoms with Crippen molar-refractivity contribution in [2.24, 2.45) is 0 Å². The van der Waals surface area contributed by atoms with E-state index in [1.54, 1.807) is 45.5 Å². The van der Waals surface area contributed by atoms with Crippen LogP contribution in [0.15, 0.2) is 94.5 Å². The second-order valence-electron chi connectivity index (χ2n) is 10.3. The van der Waals surface area contributed by atoms with Crippen LogP contribution in [0.1, 0.15) is 45.7 Å². The molecule has 2 unspecified atom stereocenters. The fourth-order valence-corrected chi connectivity index (χ4v) is 6.91. The van der Waals surface area contributed by atoms with Crippen LogP contribution in [0.3, 0.4) is 0 Å². The maximum atomic E-state index is 13.9. The zero-order chi connectivity index (χ0) is 27.1. The number of aromatic nitrogens is 4. The van der Waals surface area contributed by atoms with E-state index in [2.05, 4.69) is 12.1 Å². The Balaban J connectivity index is 1.51. The highest BCUT2D eigenvalue weighted by atomic mass is 35.5. The van der Waals surface area contributed by atoms with Crippen LogP contribution < -0.4 is 11.1 Å². The van der Waals surface area contributed by atoms with E-state index in [1.165, 1.54) is 0 Å². The van der Waals surface area contributed by atoms with Crippen molar-refractivity contribution >= 4 is 45.0 Å². The second-order valence-corrected chi connectivity index (χ2v) is 11.2. The topological polar surface area (TPSA) is 69.8 Å². The van der Waals surface area contributed by atoms with E-state index < -0.39 is 11.8 Å². The van der Waals surface area contributed by atoms with Crippen LogP contribution in [0.5, 0.6) is 0 Å². The Morgan fingerprint density at radius 1 is 0.575 bits per heavy atom. The van der Waals surface area contributed by atoms with Crippen molar-refractivity contribution in [3.05, 3.63) is 150 Å². The summed E-state index contributed by atoms with van der Waals surface area (Å²) >= 11 is 13.2. The van der Waals surface area contributed by atoms with Gasteiger partial charge in [0, 0.05) is 0 Å². The van der Waals surface area contributed by atoms with Gasteiger partial charge in [-0.25, -0.2) is 9.97 Å². The van der Waals surface area contributed by atoms with Crippen LogP contribution >= 0.6 is 23.2 Å². The Bertz CT molecular complexity index is 2010. The van der Waals surface area contributed by atoms with Crippen LogP contribution in [0.2, 0.25) is 10.0 Å². The molecule has 0 saturated carbocycles. The highest BCUT2D eigenvalue weighted by Gasteiger charge is 2.41. The zero-order valence-electron chi connectivity index (χ0n) is 21.0. The molecule has 2 aliphatic rings. The van der Waals surface area contributed by atoms with Gasteiger partial charge in [0.25, 0.3) is 11.1 Å². The summed E-state index contributed by atoms with van der Waals surface area (Å²) in [5.41, 5.74) is 4.81. The quantitative estimate of drug-likeness (QED) is 0.243. The van der Waals surface area contributed by atoms with E-state index in [0.29, 0.717) is 56.6 Å². The summed E-state index contributed by atoms with van der Waals surface area (Å²) in [6.07, 6.45) is 0. The lowest BCUT2D eigenvalue weighted by Gasteiger charge is -2.38. The molecule has 0 amide bonds. The minimum atomic E-state index is -0.405. The molecule has 0 radical (unpaired) electrons. The largest absolute Gasteiger partial charge is 0.291 e. The van der Waals surface area contributed by atoms with Crippen molar-refractivity contribution in [1.29, 1.82) is 0 Å². The number of hydrogen-bond donors (Lipinski definition) is 0. The van der Waals surface area contributed by atoms with Gasteiger partial charge in [0.1, 0.15) is 11.6 Å². The molecule has 6 nitrogen and oxygen atoms in total. The van der Waals surface area contributed by atoms with Crippen molar-refractivity contribution in [2.45, 2.75) is 24.9 Å². The smallest absolute Gasteiger partial charge is 0.261 e. The van der Waals surface area contributed by atoms with Crippen molar-refractivity contribution in [3.63, 3.8) is 0 Å². The number of halogens is 2. The van der Waals surface area contributed by atoms with Gasteiger partial charge < -0.3 is 0 Å². The summed E-state index contributed by atoms with van der Waals surface area (Å²) in [7, 11) is 0. The first kappa shape index (κ1) is 23.6. The summed E-state index contributed by atoms with van der Waals surface area (Å²) in [4.78, 5) is 37.9. The molecular formula is C32H20Cl2N4O2. The fourth-order valence-electron chi connectivity index (χ4n) is 6.47. The van der Waals surface area contributed by atoms with Gasteiger partial charge in [-0.05, 0) is 46.5 Å². The Kier molecular flexibility index (Phi) is 5.09. The molecular weight excluding hydrogens is 543 g/mol. The molecule has 2 aromatic heterocycles. The number of fused-ring (bicyclic) bond motifs is 6. The molecule has 0 bridgehead atoms. The summed E-state index contributed by atoms with van der Waals surface area (Å²) in [5, 5.41) is 1.80. The Morgan fingerprint density at radius 2 is 1.00 bits per heavy atom. The monoisotopic (exact) mass is 562 g/mol. The minimum absolute atomic E-state index is 0.141. The third-order valence-corrected chi connectivity index (χ3v) is 8.87. The van der Waals surface area contributed by atoms with Crippen LogP contribution in [0, 0.1) is 0 Å². The zero-order valence-corrected chi connectivity index (χ0v) is 22.5. The Hall–Kier alpha value is -4.26. The predicted molar refractivity (Wildman–Crippen MR) is 157 cm³/mol. The number of hydrogen-bond acceptors (Lipinski definition) is 4. The molecule has 4 heterocycles. The van der Waals surface area contributed by atoms with Crippen molar-refractivity contribution in [2.75, 3.05) is 0 Å². The minimum Gasteiger partial charge on any atom is -0.291 e. The molecule has 4 aromatic carbocycles. The van der Waals surface area contributed by atoms with Crippen molar-refractivity contribution < 1.29 is 0 Å². The lowest BCUT2D eigenvalue weighted by molar-refractivity contribution is 0.493. The lowest BCUT2D eigenvalue weighted by Crippen LogP contribution is -2.38. The first-order valence-corrected chi connectivity index (χ1v) is 13.8. The SMILES string of the molecule is O=c1c2cccc(Cl)c2nc2n1Cc1ccccc1C2C1c2ccccc2Cn2c1nc1c(Cl)cccc1c2=O. The molecule has 0 aliphatic carbocycles. The first-order valence-electron chi connectivity index (χ1n) is 13.0. The average Bonchev–Trinajstić information content (AvgIpc) is 2.97. The van der Waals surface area contributed by atoms with Crippen molar-refractivity contribution in [1.82, 2.24) is 19.1 Å². The average molecular weight is 563 g/mol. The molecule has 0 spiro atoms. The molecule has 2 aliphatic heterocycles. The Labute approximate surface area is 238 Å². The van der Waals surface area contributed by atoms with Crippen LogP contribution in [-0.4, -0.2) is 19.1 Å². The normalized spacial score (nSPS) is 17.2. The van der Waals surface area contributed by atoms with E-state index in [4.69, 9.17) is 33.2 Å². The molecule has 8 rings (SSSR count). The highest BCUT2D eigenvalue weighted by molar-refractivity contribution is 6.35. The van der Waals surface area contributed by atoms with Gasteiger partial charge >= 0.3 is 0 Å². The van der Waals surface area contributed by atoms with E-state index in [1.807, 2.05) is 36.4 Å². The first-order chi connectivity index (χ1) is 19.5. The van der Waals surface area contributed by atoms with Gasteiger partial charge in [0.15, 0.2) is 0 Å². The maximum Gasteiger partial charge on any atom is 0.261 e. The fraction of sp³-hybridized carbons (Fsp3) is 0.125. The van der Waals surface area contributed by atoms with E-state index >= 15 is 0 Å². The summed E-state index contributed by atoms with van der Waals surface area (Å²) in [6, 6.07) is 26.8. The molecule has 6 aromatic rings. The number of rotatable bonds is 1. The van der Waals surface area contributed by atoms with E-state index in [-0.39, 0.29) is 11.1 Å². The lowest BCUT2D eigenvalue weighted by atomic mass is 9.74. The third-order valence-electron chi connectivity index (χ3n) is 8.26. The molecule has 0 saturated heterocycles. The summed E-state index contributed by atoms with van der Waals surface area (Å²) in [6.45, 7) is 0.795. The van der Waals surface area contributed by atoms with Crippen LogP contribution in [0.25, 0.3) is 21.8 Å². The highest BCUT2D eigenvalue weighted by Crippen LogP contribution is 2.47. The predicted octanol–water partition coefficient (Wildman–Crippen LogP) is 6.10. The molecule has 8 heteroatoms. The van der Waals surface area contributed by atoms with E-state index in [9.17, 15) is 9.59 Å². The van der Waals surface area contributed by atoms with Gasteiger partial charge in [-0.3, -0.25) is 18.7 Å². The second kappa shape index (κ2) is 8.62. The Morgan fingerprint density at radius 3 is 1.45 bits per heavy atom. The van der Waals surface area contributed by atoms with Crippen LogP contribution in [-0.2, 0) is 13.1 Å². The van der Waals surface area contributed by atoms with Gasteiger partial charge in [0.05, 0.1) is 56.8 Å². The van der Waals surface area contributed by atoms with Crippen LogP contribution in [0.4, 0.5) is 0 Å². The van der Waals surface area contributed by atoms with Gasteiger partial charge in [-0.2, -0.15) is 0 Å². The van der Waals surface area contributed by atoms with Gasteiger partial charge in [-0.15, -0.1) is 0 Å². The molecule has 0 N–H and O–H groups in total. The van der Waals surface area contributed by atoms with Crippen molar-refractivity contribution in [3.8, 4) is 0 Å². The number of para-hydroxylation sites is 2. The standard InChI is InChI=1S/C32H20Cl2N4O2/c33-23-13-5-11-21-27(23)35-29-25(19-9-3-1-7-17(19)15-37(29)31(21)39)26-20-10-4-2-8-18(20)16-38-30(26)36-28-22(32(38)40)12-6-14-24(28)34/h1-14,25-26H,15-16H2. The third kappa shape index (κ3) is 3.23. The van der Waals surface area contributed by atoms with E-state index in [0.717, 1.165) is 22.3 Å². The molecule has 40 heavy (non-hydrogen) atoms. The number of nitrogens with zero attached hydrogens (tertiary/aromatic N) is 4. The van der Waals surface area contributed by atoms with Gasteiger partial charge in [0.2, 0.25) is 0 Å². The summed E-state index contributed by atoms with van der Waals surface area (Å²) < 4.78 is 3.50. The maximum absolute atomic E-state index is 13.9. The van der Waals surface area contributed by atoms with Gasteiger partial charge in [-0.1, -0.05) is 83.9 Å². The molecule has 0 fully saturated rings. The molecule has 194 valence electrons. The number of benzene rings is 4. The summed E-state index contributed by atoms with van der Waals surface area (Å²) in [5.74, 6) is 0.396. The molecule has 2 atom stereocenters.